The highest BCUT2D eigenvalue weighted by Gasteiger charge is 2.24. The van der Waals surface area contributed by atoms with Crippen molar-refractivity contribution in [3.63, 3.8) is 0 Å². The molecule has 1 aliphatic rings. The zero-order valence-electron chi connectivity index (χ0n) is 20.1. The summed E-state index contributed by atoms with van der Waals surface area (Å²) in [7, 11) is 1.48. The van der Waals surface area contributed by atoms with Gasteiger partial charge in [0.1, 0.15) is 35.4 Å². The summed E-state index contributed by atoms with van der Waals surface area (Å²) < 4.78 is 24.5. The highest BCUT2D eigenvalue weighted by Crippen LogP contribution is 2.38. The van der Waals surface area contributed by atoms with E-state index in [0.717, 1.165) is 42.0 Å². The molecule has 4 aromatic rings. The van der Waals surface area contributed by atoms with Gasteiger partial charge in [-0.2, -0.15) is 0 Å². The van der Waals surface area contributed by atoms with Crippen LogP contribution in [0.15, 0.2) is 60.2 Å². The number of hydrogen-bond acceptors (Lipinski definition) is 8. The van der Waals surface area contributed by atoms with E-state index in [1.807, 2.05) is 18.2 Å². The molecule has 0 amide bonds. The van der Waals surface area contributed by atoms with Crippen LogP contribution in [0.1, 0.15) is 12.8 Å². The van der Waals surface area contributed by atoms with E-state index in [0.29, 0.717) is 12.3 Å². The summed E-state index contributed by atoms with van der Waals surface area (Å²) in [6.45, 7) is 2.10. The molecule has 0 radical (unpaired) electrons. The molecule has 1 aliphatic heterocycles. The summed E-state index contributed by atoms with van der Waals surface area (Å²) in [5, 5.41) is 17.0. The Kier molecular flexibility index (Phi) is 7.60. The minimum atomic E-state index is -0.745. The minimum Gasteiger partial charge on any atom is -0.497 e. The first-order chi connectivity index (χ1) is 17.6. The summed E-state index contributed by atoms with van der Waals surface area (Å²) >= 11 is 1.64. The molecule has 36 heavy (non-hydrogen) atoms. The summed E-state index contributed by atoms with van der Waals surface area (Å²) in [5.41, 5.74) is 2.34. The van der Waals surface area contributed by atoms with Crippen molar-refractivity contribution in [3.05, 3.63) is 66.1 Å². The summed E-state index contributed by atoms with van der Waals surface area (Å²) in [4.78, 5) is 12.5. The number of piperidine rings is 1. The van der Waals surface area contributed by atoms with E-state index in [9.17, 15) is 9.50 Å². The van der Waals surface area contributed by atoms with E-state index in [1.165, 1.54) is 30.4 Å². The predicted molar refractivity (Wildman–Crippen MR) is 141 cm³/mol. The molecular formula is C27H29FN4O3S. The lowest BCUT2D eigenvalue weighted by atomic mass is 10.0. The molecule has 2 aromatic heterocycles. The monoisotopic (exact) mass is 508 g/mol. The van der Waals surface area contributed by atoms with Crippen molar-refractivity contribution in [2.75, 3.05) is 38.3 Å². The number of halogens is 1. The zero-order chi connectivity index (χ0) is 24.9. The Morgan fingerprint density at radius 3 is 2.72 bits per heavy atom. The second-order valence-corrected chi connectivity index (χ2v) is 9.68. The van der Waals surface area contributed by atoms with Crippen LogP contribution in [-0.2, 0) is 0 Å². The average molecular weight is 509 g/mol. The molecule has 2 N–H and O–H groups in total. The fourth-order valence-electron chi connectivity index (χ4n) is 4.50. The lowest BCUT2D eigenvalue weighted by Crippen LogP contribution is -2.45. The minimum absolute atomic E-state index is 0.00836. The number of nitrogens with one attached hydrogen (secondary N) is 1. The lowest BCUT2D eigenvalue weighted by Gasteiger charge is -2.34. The van der Waals surface area contributed by atoms with Gasteiger partial charge in [-0.25, -0.2) is 14.4 Å². The van der Waals surface area contributed by atoms with Crippen LogP contribution in [0, 0.1) is 5.82 Å². The van der Waals surface area contributed by atoms with E-state index in [-0.39, 0.29) is 18.4 Å². The van der Waals surface area contributed by atoms with Crippen LogP contribution >= 0.6 is 11.3 Å². The molecule has 2 aromatic carbocycles. The molecule has 9 heteroatoms. The Labute approximate surface area is 213 Å². The van der Waals surface area contributed by atoms with Gasteiger partial charge in [-0.05, 0) is 30.5 Å². The van der Waals surface area contributed by atoms with Crippen LogP contribution in [0.25, 0.3) is 21.3 Å². The SMILES string of the molecule is COc1ccc(OCC(O)CNC2CCN(c3ncnc4scc(-c5ccccc5)c34)CC2)c(F)c1. The number of hydrogen-bond donors (Lipinski definition) is 2. The van der Waals surface area contributed by atoms with Crippen molar-refractivity contribution in [1.82, 2.24) is 15.3 Å². The van der Waals surface area contributed by atoms with E-state index >= 15 is 0 Å². The van der Waals surface area contributed by atoms with Gasteiger partial charge in [-0.1, -0.05) is 30.3 Å². The van der Waals surface area contributed by atoms with Gasteiger partial charge in [0, 0.05) is 42.7 Å². The van der Waals surface area contributed by atoms with Crippen molar-refractivity contribution in [2.45, 2.75) is 25.0 Å². The molecular weight excluding hydrogens is 479 g/mol. The summed E-state index contributed by atoms with van der Waals surface area (Å²) in [6.07, 6.45) is 2.76. The number of rotatable bonds is 9. The number of ether oxygens (including phenoxy) is 2. The van der Waals surface area contributed by atoms with Crippen LogP contribution in [-0.4, -0.2) is 60.6 Å². The number of aromatic nitrogens is 2. The molecule has 3 heterocycles. The molecule has 5 rings (SSSR count). The smallest absolute Gasteiger partial charge is 0.168 e. The quantitative estimate of drug-likeness (QED) is 0.345. The van der Waals surface area contributed by atoms with Crippen molar-refractivity contribution < 1.29 is 19.0 Å². The van der Waals surface area contributed by atoms with E-state index in [1.54, 1.807) is 23.7 Å². The fourth-order valence-corrected chi connectivity index (χ4v) is 5.41. The maximum Gasteiger partial charge on any atom is 0.168 e. The topological polar surface area (TPSA) is 79.7 Å². The molecule has 1 saturated heterocycles. The molecule has 0 aliphatic carbocycles. The van der Waals surface area contributed by atoms with Crippen LogP contribution in [0.5, 0.6) is 11.5 Å². The zero-order valence-corrected chi connectivity index (χ0v) is 20.9. The van der Waals surface area contributed by atoms with Crippen LogP contribution < -0.4 is 19.7 Å². The van der Waals surface area contributed by atoms with Gasteiger partial charge in [0.05, 0.1) is 12.5 Å². The van der Waals surface area contributed by atoms with Gasteiger partial charge in [0.15, 0.2) is 11.6 Å². The third kappa shape index (κ3) is 5.43. The third-order valence-electron chi connectivity index (χ3n) is 6.44. The number of aliphatic hydroxyl groups excluding tert-OH is 1. The van der Waals surface area contributed by atoms with Crippen LogP contribution in [0.4, 0.5) is 10.2 Å². The molecule has 0 spiro atoms. The Bertz CT molecular complexity index is 1290. The molecule has 1 unspecified atom stereocenters. The number of thiophene rings is 1. The number of methoxy groups -OCH3 is 1. The average Bonchev–Trinajstić information content (AvgIpc) is 3.36. The number of nitrogens with zero attached hydrogens (tertiary/aromatic N) is 3. The van der Waals surface area contributed by atoms with Gasteiger partial charge in [-0.15, -0.1) is 11.3 Å². The Morgan fingerprint density at radius 2 is 1.97 bits per heavy atom. The standard InChI is InChI=1S/C27H29FN4O3S/c1-34-21-7-8-24(23(28)13-21)35-15-20(33)14-29-19-9-11-32(12-10-19)26-25-22(18-5-3-2-4-6-18)16-36-27(25)31-17-30-26/h2-8,13,16-17,19-20,29,33H,9-12,14-15H2,1H3. The first-order valence-corrected chi connectivity index (χ1v) is 12.9. The first-order valence-electron chi connectivity index (χ1n) is 12.0. The molecule has 1 fully saturated rings. The molecule has 0 saturated carbocycles. The third-order valence-corrected chi connectivity index (χ3v) is 7.33. The Morgan fingerprint density at radius 1 is 1.17 bits per heavy atom. The predicted octanol–water partition coefficient (Wildman–Crippen LogP) is 4.50. The largest absolute Gasteiger partial charge is 0.497 e. The summed E-state index contributed by atoms with van der Waals surface area (Å²) in [6, 6.07) is 15.0. The number of aliphatic hydroxyl groups is 1. The van der Waals surface area contributed by atoms with Gasteiger partial charge in [0.2, 0.25) is 0 Å². The number of fused-ring (bicyclic) bond motifs is 1. The second kappa shape index (κ2) is 11.2. The van der Waals surface area contributed by atoms with Gasteiger partial charge >= 0.3 is 0 Å². The Hall–Kier alpha value is -3.27. The number of anilines is 1. The highest BCUT2D eigenvalue weighted by molar-refractivity contribution is 7.17. The van der Waals surface area contributed by atoms with Crippen molar-refractivity contribution in [2.24, 2.45) is 0 Å². The normalized spacial score (nSPS) is 15.2. The van der Waals surface area contributed by atoms with Crippen molar-refractivity contribution >= 4 is 27.4 Å². The maximum absolute atomic E-state index is 14.0. The van der Waals surface area contributed by atoms with E-state index < -0.39 is 11.9 Å². The Balaban J connectivity index is 1.15. The van der Waals surface area contributed by atoms with Gasteiger partial charge in [-0.3, -0.25) is 0 Å². The molecule has 188 valence electrons. The van der Waals surface area contributed by atoms with Crippen LogP contribution in [0.3, 0.4) is 0 Å². The molecule has 0 bridgehead atoms. The first kappa shape index (κ1) is 24.4. The molecule has 7 nitrogen and oxygen atoms in total. The van der Waals surface area contributed by atoms with Gasteiger partial charge in [0.25, 0.3) is 0 Å². The maximum atomic E-state index is 14.0. The number of benzene rings is 2. The van der Waals surface area contributed by atoms with Gasteiger partial charge < -0.3 is 24.8 Å². The highest BCUT2D eigenvalue weighted by atomic mass is 32.1. The lowest BCUT2D eigenvalue weighted by molar-refractivity contribution is 0.100. The van der Waals surface area contributed by atoms with Crippen molar-refractivity contribution in [3.8, 4) is 22.6 Å². The summed E-state index contributed by atoms with van der Waals surface area (Å²) in [5.74, 6) is 0.990. The van der Waals surface area contributed by atoms with E-state index in [4.69, 9.17) is 9.47 Å². The van der Waals surface area contributed by atoms with Crippen LogP contribution in [0.2, 0.25) is 0 Å². The fraction of sp³-hybridized carbons (Fsp3) is 0.333. The second-order valence-electron chi connectivity index (χ2n) is 8.82. The van der Waals surface area contributed by atoms with E-state index in [2.05, 4.69) is 37.7 Å². The van der Waals surface area contributed by atoms with Crippen molar-refractivity contribution in [1.29, 1.82) is 0 Å². The molecule has 1 atom stereocenters.